The maximum absolute atomic E-state index is 10.2. The zero-order valence-corrected chi connectivity index (χ0v) is 14.5. The molecule has 0 heterocycles. The Kier molecular flexibility index (Phi) is 14.1. The van der Waals surface area contributed by atoms with Crippen LogP contribution >= 0.6 is 0 Å². The maximum Gasteiger partial charge on any atom is 0.294 e. The molecule has 0 aliphatic heterocycles. The molecule has 168 valence electrons. The average molecular weight is 436 g/mol. The van der Waals surface area contributed by atoms with Gasteiger partial charge >= 0.3 is 0 Å². The summed E-state index contributed by atoms with van der Waals surface area (Å²) in [6.45, 7) is -2.42. The van der Waals surface area contributed by atoms with Crippen molar-refractivity contribution < 1.29 is 49.3 Å². The first-order valence-electron chi connectivity index (χ1n) is 7.16. The number of hydrogen-bond acceptors (Lipinski definition) is 15. The van der Waals surface area contributed by atoms with Crippen molar-refractivity contribution in [2.75, 3.05) is 52.6 Å². The molecule has 0 fully saturated rings. The molecule has 0 aliphatic carbocycles. The minimum absolute atomic E-state index is 0.149. The molecule has 0 atom stereocenters. The summed E-state index contributed by atoms with van der Waals surface area (Å²) in [7, 11) is 0. The SMILES string of the molecule is O=[N+]([O-])OCC[N+](CCO[N+](=O)[O-])(CCO[N+](=O)[O-])CCO[N+](=O)[O-].O=[N+]([O-])[O-]. The first kappa shape index (κ1) is 27.2. The van der Waals surface area contributed by atoms with Gasteiger partial charge in [0.2, 0.25) is 0 Å². The quantitative estimate of drug-likeness (QED) is 0.149. The molecule has 0 aromatic rings. The highest BCUT2D eigenvalue weighted by atomic mass is 17.0. The van der Waals surface area contributed by atoms with Crippen LogP contribution in [-0.4, -0.2) is 82.5 Å². The van der Waals surface area contributed by atoms with E-state index in [1.54, 1.807) is 0 Å². The Balaban J connectivity index is 0. The molecule has 0 saturated heterocycles. The highest BCUT2D eigenvalue weighted by molar-refractivity contribution is 4.46. The molecule has 0 radical (unpaired) electrons. The maximum atomic E-state index is 10.2. The number of nitrogens with zero attached hydrogens (tertiary/aromatic N) is 6. The van der Waals surface area contributed by atoms with E-state index in [9.17, 15) is 40.5 Å². The van der Waals surface area contributed by atoms with Crippen LogP contribution in [0.1, 0.15) is 0 Å². The number of quaternary nitrogens is 1. The zero-order chi connectivity index (χ0) is 22.9. The molecule has 0 saturated carbocycles. The van der Waals surface area contributed by atoms with Crippen LogP contribution in [0.15, 0.2) is 0 Å². The molecule has 0 rings (SSSR count). The topological polar surface area (TPSA) is 276 Å². The minimum atomic E-state index is -1.75. The van der Waals surface area contributed by atoms with Crippen molar-refractivity contribution in [1.29, 1.82) is 0 Å². The number of hydrogen-bond donors (Lipinski definition) is 0. The second kappa shape index (κ2) is 15.1. The van der Waals surface area contributed by atoms with Gasteiger partial charge in [-0.3, -0.25) is 0 Å². The molecule has 0 spiro atoms. The highest BCUT2D eigenvalue weighted by Crippen LogP contribution is 2.08. The minimum Gasteiger partial charge on any atom is -0.356 e. The smallest absolute Gasteiger partial charge is 0.294 e. The van der Waals surface area contributed by atoms with E-state index in [4.69, 9.17) is 15.3 Å². The predicted molar refractivity (Wildman–Crippen MR) is 81.9 cm³/mol. The summed E-state index contributed by atoms with van der Waals surface area (Å²) < 4.78 is -0.302. The van der Waals surface area contributed by atoms with Crippen molar-refractivity contribution in [2.24, 2.45) is 0 Å². The predicted octanol–water partition coefficient (Wildman–Crippen LogP) is -1.60. The van der Waals surface area contributed by atoms with Crippen LogP contribution in [-0.2, 0) is 19.4 Å². The van der Waals surface area contributed by atoms with Gasteiger partial charge in [0.25, 0.3) is 20.3 Å². The summed E-state index contributed by atoms with van der Waals surface area (Å²) in [5, 5.41) is 51.4. The molecular weight excluding hydrogens is 420 g/mol. The summed E-state index contributed by atoms with van der Waals surface area (Å²) in [6, 6.07) is 0. The Labute approximate surface area is 159 Å². The average Bonchev–Trinajstić information content (AvgIpc) is 2.52. The lowest BCUT2D eigenvalue weighted by Gasteiger charge is -2.37. The van der Waals surface area contributed by atoms with Gasteiger partial charge in [0, 0.05) is 0 Å². The van der Waals surface area contributed by atoms with E-state index in [1.165, 1.54) is 0 Å². The summed E-state index contributed by atoms with van der Waals surface area (Å²) in [4.78, 5) is 65.8. The fourth-order valence-corrected chi connectivity index (χ4v) is 1.91. The molecule has 0 aromatic heterocycles. The Hall–Kier alpha value is -4.04. The normalized spacial score (nSPS) is 9.93. The van der Waals surface area contributed by atoms with Gasteiger partial charge in [-0.25, -0.2) is 0 Å². The van der Waals surface area contributed by atoms with E-state index in [0.717, 1.165) is 0 Å². The van der Waals surface area contributed by atoms with E-state index >= 15 is 0 Å². The summed E-state index contributed by atoms with van der Waals surface area (Å²) in [5.41, 5.74) is 0. The monoisotopic (exact) mass is 436 g/mol. The van der Waals surface area contributed by atoms with Gasteiger partial charge < -0.3 is 39.2 Å². The van der Waals surface area contributed by atoms with Gasteiger partial charge in [0.1, 0.15) is 52.6 Å². The van der Waals surface area contributed by atoms with Crippen molar-refractivity contribution in [3.05, 3.63) is 55.8 Å². The standard InChI is InChI=1S/C8H16N5O12.NO3/c14-9(15)22-5-1-13(2-6-23-10(16)17,3-7-24-11(18)19)4-8-25-12(20)21;2-1(3)4/h1-8H2;/q+1;-1. The molecule has 0 amide bonds. The van der Waals surface area contributed by atoms with Crippen LogP contribution < -0.4 is 0 Å². The second-order valence-electron chi connectivity index (χ2n) is 4.69. The van der Waals surface area contributed by atoms with E-state index in [2.05, 4.69) is 19.4 Å². The third kappa shape index (κ3) is 20.1. The van der Waals surface area contributed by atoms with Gasteiger partial charge in [-0.2, -0.15) is 0 Å². The van der Waals surface area contributed by atoms with Gasteiger partial charge in [0.15, 0.2) is 0 Å². The number of rotatable bonds is 16. The van der Waals surface area contributed by atoms with Crippen molar-refractivity contribution >= 4 is 0 Å². The Bertz CT molecular complexity index is 467. The molecule has 0 N–H and O–H groups in total. The van der Waals surface area contributed by atoms with Crippen LogP contribution in [0.25, 0.3) is 0 Å². The third-order valence-corrected chi connectivity index (χ3v) is 3.05. The molecule has 29 heavy (non-hydrogen) atoms. The summed E-state index contributed by atoms with van der Waals surface area (Å²) in [5.74, 6) is 0. The van der Waals surface area contributed by atoms with Crippen LogP contribution in [0.5, 0.6) is 0 Å². The Morgan fingerprint density at radius 1 is 0.483 bits per heavy atom. The van der Waals surface area contributed by atoms with E-state index in [-0.39, 0.29) is 30.7 Å². The van der Waals surface area contributed by atoms with Gasteiger partial charge in [-0.05, 0) is 0 Å². The molecule has 0 bridgehead atoms. The van der Waals surface area contributed by atoms with Crippen molar-refractivity contribution in [1.82, 2.24) is 0 Å². The first-order chi connectivity index (χ1) is 13.4. The lowest BCUT2D eigenvalue weighted by molar-refractivity contribution is -0.947. The van der Waals surface area contributed by atoms with Crippen LogP contribution in [0, 0.1) is 55.8 Å². The van der Waals surface area contributed by atoms with Gasteiger partial charge in [-0.15, -0.1) is 40.5 Å². The van der Waals surface area contributed by atoms with E-state index in [0.29, 0.717) is 0 Å². The van der Waals surface area contributed by atoms with Crippen molar-refractivity contribution in [2.45, 2.75) is 0 Å². The van der Waals surface area contributed by atoms with E-state index in [1.807, 2.05) is 0 Å². The molecule has 0 unspecified atom stereocenters. The van der Waals surface area contributed by atoms with Crippen molar-refractivity contribution in [3.8, 4) is 0 Å². The third-order valence-electron chi connectivity index (χ3n) is 3.05. The largest absolute Gasteiger partial charge is 0.356 e. The molecule has 0 aromatic carbocycles. The highest BCUT2D eigenvalue weighted by Gasteiger charge is 2.29. The second-order valence-corrected chi connectivity index (χ2v) is 4.69. The molecule has 21 heteroatoms. The van der Waals surface area contributed by atoms with E-state index < -0.39 is 51.9 Å². The summed E-state index contributed by atoms with van der Waals surface area (Å²) in [6.07, 6.45) is 0. The molecular formula is C8H16N6O15. The van der Waals surface area contributed by atoms with Gasteiger partial charge in [0.05, 0.1) is 5.09 Å². The zero-order valence-electron chi connectivity index (χ0n) is 14.5. The Morgan fingerprint density at radius 2 is 0.655 bits per heavy atom. The van der Waals surface area contributed by atoms with Crippen LogP contribution in [0.2, 0.25) is 0 Å². The van der Waals surface area contributed by atoms with Crippen LogP contribution in [0.4, 0.5) is 0 Å². The molecule has 21 nitrogen and oxygen atoms in total. The van der Waals surface area contributed by atoms with Gasteiger partial charge in [-0.1, -0.05) is 0 Å². The van der Waals surface area contributed by atoms with Crippen LogP contribution in [0.3, 0.4) is 0 Å². The van der Waals surface area contributed by atoms with Crippen molar-refractivity contribution in [3.63, 3.8) is 0 Å². The first-order valence-corrected chi connectivity index (χ1v) is 7.16. The fraction of sp³-hybridized carbons (Fsp3) is 1.00. The molecule has 0 aliphatic rings. The Morgan fingerprint density at radius 3 is 0.793 bits per heavy atom. The lowest BCUT2D eigenvalue weighted by atomic mass is 10.3. The summed E-state index contributed by atoms with van der Waals surface area (Å²) >= 11 is 0. The fourth-order valence-electron chi connectivity index (χ4n) is 1.91. The lowest BCUT2D eigenvalue weighted by Crippen LogP contribution is -2.56.